The smallest absolute Gasteiger partial charge is 0.194 e. The normalized spacial score (nSPS) is 28.1. The van der Waals surface area contributed by atoms with Crippen LogP contribution in [0.4, 0.5) is 0 Å². The van der Waals surface area contributed by atoms with Gasteiger partial charge in [0.15, 0.2) is 5.78 Å². The summed E-state index contributed by atoms with van der Waals surface area (Å²) in [6.07, 6.45) is 5.70. The molecule has 1 atom stereocenters. The molecule has 96 valence electrons. The van der Waals surface area contributed by atoms with Crippen molar-refractivity contribution in [3.63, 3.8) is 0 Å². The lowest BCUT2D eigenvalue weighted by atomic mass is 9.79. The van der Waals surface area contributed by atoms with Crippen LogP contribution in [0.3, 0.4) is 0 Å². The van der Waals surface area contributed by atoms with Crippen molar-refractivity contribution in [3.8, 4) is 0 Å². The Kier molecular flexibility index (Phi) is 2.98. The van der Waals surface area contributed by atoms with E-state index in [0.29, 0.717) is 12.5 Å². The van der Waals surface area contributed by atoms with E-state index in [-0.39, 0.29) is 5.78 Å². The third kappa shape index (κ3) is 1.99. The van der Waals surface area contributed by atoms with Gasteiger partial charge < -0.3 is 4.74 Å². The molecule has 1 aliphatic heterocycles. The number of rotatable bonds is 3. The van der Waals surface area contributed by atoms with Crippen LogP contribution in [0, 0.1) is 0 Å². The van der Waals surface area contributed by atoms with E-state index in [1.165, 1.54) is 24.8 Å². The lowest BCUT2D eigenvalue weighted by Gasteiger charge is -2.27. The van der Waals surface area contributed by atoms with Gasteiger partial charge in [0.05, 0.1) is 0 Å². The molecule has 0 amide bonds. The molecule has 2 aliphatic rings. The van der Waals surface area contributed by atoms with Crippen LogP contribution in [0.25, 0.3) is 0 Å². The number of hydrogen-bond donors (Lipinski definition) is 0. The monoisotopic (exact) mass is 244 g/mol. The van der Waals surface area contributed by atoms with Gasteiger partial charge in [0.25, 0.3) is 0 Å². The van der Waals surface area contributed by atoms with Gasteiger partial charge in [-0.1, -0.05) is 24.6 Å². The summed E-state index contributed by atoms with van der Waals surface area (Å²) in [5.41, 5.74) is 1.57. The highest BCUT2D eigenvalue weighted by Gasteiger charge is 2.38. The molecular formula is C16H20O2. The number of ketones is 1. The zero-order valence-electron chi connectivity index (χ0n) is 10.9. The van der Waals surface area contributed by atoms with E-state index in [0.717, 1.165) is 18.4 Å². The predicted molar refractivity (Wildman–Crippen MR) is 71.0 cm³/mol. The average molecular weight is 244 g/mol. The SMILES string of the molecule is CC1(C(=O)c2cccc(C3CCC3)c2)CCCO1. The Morgan fingerprint density at radius 2 is 2.17 bits per heavy atom. The third-order valence-corrected chi connectivity index (χ3v) is 4.42. The van der Waals surface area contributed by atoms with Crippen LogP contribution < -0.4 is 0 Å². The van der Waals surface area contributed by atoms with Crippen molar-refractivity contribution in [2.45, 2.75) is 50.5 Å². The molecule has 3 rings (SSSR count). The van der Waals surface area contributed by atoms with Crippen LogP contribution in [-0.4, -0.2) is 18.0 Å². The Balaban J connectivity index is 1.84. The number of ether oxygens (including phenoxy) is 1. The van der Waals surface area contributed by atoms with Crippen molar-refractivity contribution in [1.29, 1.82) is 0 Å². The summed E-state index contributed by atoms with van der Waals surface area (Å²) in [7, 11) is 0. The Hall–Kier alpha value is -1.15. The molecular weight excluding hydrogens is 224 g/mol. The molecule has 1 aromatic carbocycles. The van der Waals surface area contributed by atoms with Crippen LogP contribution >= 0.6 is 0 Å². The average Bonchev–Trinajstić information content (AvgIpc) is 2.75. The first kappa shape index (κ1) is 11.9. The van der Waals surface area contributed by atoms with Crippen molar-refractivity contribution in [3.05, 3.63) is 35.4 Å². The standard InChI is InChI=1S/C16H20O2/c1-16(9-4-10-18-16)15(17)14-8-3-7-13(11-14)12-5-2-6-12/h3,7-8,11-12H,2,4-6,9-10H2,1H3. The van der Waals surface area contributed by atoms with Crippen LogP contribution in [-0.2, 0) is 4.74 Å². The summed E-state index contributed by atoms with van der Waals surface area (Å²) in [5.74, 6) is 0.830. The van der Waals surface area contributed by atoms with E-state index in [2.05, 4.69) is 12.1 Å². The Labute approximate surface area is 108 Å². The number of hydrogen-bond acceptors (Lipinski definition) is 2. The summed E-state index contributed by atoms with van der Waals surface area (Å²) in [6.45, 7) is 2.64. The molecule has 0 N–H and O–H groups in total. The Morgan fingerprint density at radius 3 is 2.78 bits per heavy atom. The first-order chi connectivity index (χ1) is 8.69. The zero-order valence-corrected chi connectivity index (χ0v) is 10.9. The van der Waals surface area contributed by atoms with Crippen molar-refractivity contribution in [2.24, 2.45) is 0 Å². The van der Waals surface area contributed by atoms with E-state index in [4.69, 9.17) is 4.74 Å². The molecule has 1 aliphatic carbocycles. The summed E-state index contributed by atoms with van der Waals surface area (Å²) in [5, 5.41) is 0. The molecule has 1 unspecified atom stereocenters. The molecule has 1 saturated heterocycles. The molecule has 18 heavy (non-hydrogen) atoms. The summed E-state index contributed by atoms with van der Waals surface area (Å²) in [4.78, 5) is 12.5. The van der Waals surface area contributed by atoms with Crippen molar-refractivity contribution < 1.29 is 9.53 Å². The van der Waals surface area contributed by atoms with Gasteiger partial charge in [-0.15, -0.1) is 0 Å². The second kappa shape index (κ2) is 4.51. The topological polar surface area (TPSA) is 26.3 Å². The highest BCUT2D eigenvalue weighted by atomic mass is 16.5. The molecule has 0 aromatic heterocycles. The number of carbonyl (C=O) groups excluding carboxylic acids is 1. The van der Waals surface area contributed by atoms with E-state index in [1.54, 1.807) is 0 Å². The summed E-state index contributed by atoms with van der Waals surface area (Å²) >= 11 is 0. The number of Topliss-reactive ketones (excluding diaryl/α,β-unsaturated/α-hetero) is 1. The van der Waals surface area contributed by atoms with Gasteiger partial charge in [-0.25, -0.2) is 0 Å². The number of benzene rings is 1. The first-order valence-corrected chi connectivity index (χ1v) is 6.98. The first-order valence-electron chi connectivity index (χ1n) is 6.98. The van der Waals surface area contributed by atoms with E-state index in [9.17, 15) is 4.79 Å². The molecule has 2 heteroatoms. The summed E-state index contributed by atoms with van der Waals surface area (Å²) in [6, 6.07) is 8.17. The molecule has 0 bridgehead atoms. The van der Waals surface area contributed by atoms with Gasteiger partial charge >= 0.3 is 0 Å². The molecule has 0 spiro atoms. The largest absolute Gasteiger partial charge is 0.367 e. The minimum atomic E-state index is -0.585. The van der Waals surface area contributed by atoms with Crippen molar-refractivity contribution in [1.82, 2.24) is 0 Å². The predicted octanol–water partition coefficient (Wildman–Crippen LogP) is 3.71. The van der Waals surface area contributed by atoms with Gasteiger partial charge in [-0.3, -0.25) is 4.79 Å². The fourth-order valence-corrected chi connectivity index (χ4v) is 2.94. The second-order valence-corrected chi connectivity index (χ2v) is 5.77. The molecule has 0 radical (unpaired) electrons. The minimum absolute atomic E-state index is 0.154. The molecule has 1 aromatic rings. The fourth-order valence-electron chi connectivity index (χ4n) is 2.94. The van der Waals surface area contributed by atoms with Crippen molar-refractivity contribution in [2.75, 3.05) is 6.61 Å². The van der Waals surface area contributed by atoms with Crippen LogP contribution in [0.15, 0.2) is 24.3 Å². The van der Waals surface area contributed by atoms with Gasteiger partial charge in [-0.2, -0.15) is 0 Å². The maximum atomic E-state index is 12.5. The number of carbonyl (C=O) groups is 1. The van der Waals surface area contributed by atoms with E-state index < -0.39 is 5.60 Å². The van der Waals surface area contributed by atoms with E-state index >= 15 is 0 Å². The highest BCUT2D eigenvalue weighted by molar-refractivity contribution is 6.02. The van der Waals surface area contributed by atoms with Gasteiger partial charge in [0.1, 0.15) is 5.60 Å². The fraction of sp³-hybridized carbons (Fsp3) is 0.562. The van der Waals surface area contributed by atoms with Gasteiger partial charge in [0, 0.05) is 12.2 Å². The second-order valence-electron chi connectivity index (χ2n) is 5.77. The van der Waals surface area contributed by atoms with Gasteiger partial charge in [-0.05, 0) is 50.2 Å². The highest BCUT2D eigenvalue weighted by Crippen LogP contribution is 2.37. The summed E-state index contributed by atoms with van der Waals surface area (Å²) < 4.78 is 5.65. The Bertz CT molecular complexity index is 454. The lowest BCUT2D eigenvalue weighted by molar-refractivity contribution is 0.0213. The molecule has 1 heterocycles. The van der Waals surface area contributed by atoms with Crippen LogP contribution in [0.2, 0.25) is 0 Å². The molecule has 2 nitrogen and oxygen atoms in total. The Morgan fingerprint density at radius 1 is 1.33 bits per heavy atom. The van der Waals surface area contributed by atoms with Gasteiger partial charge in [0.2, 0.25) is 0 Å². The lowest BCUT2D eigenvalue weighted by Crippen LogP contribution is -2.34. The van der Waals surface area contributed by atoms with E-state index in [1.807, 2.05) is 19.1 Å². The van der Waals surface area contributed by atoms with Crippen LogP contribution in [0.1, 0.15) is 60.9 Å². The third-order valence-electron chi connectivity index (χ3n) is 4.42. The minimum Gasteiger partial charge on any atom is -0.367 e. The molecule has 1 saturated carbocycles. The maximum absolute atomic E-state index is 12.5. The maximum Gasteiger partial charge on any atom is 0.194 e. The molecule has 2 fully saturated rings. The van der Waals surface area contributed by atoms with Crippen molar-refractivity contribution >= 4 is 5.78 Å². The zero-order chi connectivity index (χ0) is 12.6. The van der Waals surface area contributed by atoms with Crippen LogP contribution in [0.5, 0.6) is 0 Å². The quantitative estimate of drug-likeness (QED) is 0.758.